The molecule has 0 heterocycles. The van der Waals surface area contributed by atoms with E-state index in [0.717, 1.165) is 24.2 Å². The first-order valence-electron chi connectivity index (χ1n) is 6.87. The van der Waals surface area contributed by atoms with E-state index in [1.54, 1.807) is 7.11 Å². The highest BCUT2D eigenvalue weighted by atomic mass is 35.5. The summed E-state index contributed by atoms with van der Waals surface area (Å²) in [4.78, 5) is 0. The van der Waals surface area contributed by atoms with Crippen LogP contribution in [-0.4, -0.2) is 20.2 Å². The minimum atomic E-state index is 0.300. The summed E-state index contributed by atoms with van der Waals surface area (Å²) in [7, 11) is 3.64. The number of rotatable bonds is 6. The molecule has 0 aliphatic carbocycles. The van der Waals surface area contributed by atoms with Gasteiger partial charge >= 0.3 is 0 Å². The second-order valence-corrected chi connectivity index (χ2v) is 5.74. The monoisotopic (exact) mass is 323 g/mol. The molecule has 2 nitrogen and oxygen atoms in total. The minimum absolute atomic E-state index is 0.300. The molecule has 0 bridgehead atoms. The number of likely N-dealkylation sites (N-methyl/N-ethyl adjacent to an activating group) is 1. The Morgan fingerprint density at radius 2 is 1.76 bits per heavy atom. The van der Waals surface area contributed by atoms with Gasteiger partial charge in [0.2, 0.25) is 0 Å². The van der Waals surface area contributed by atoms with Crippen LogP contribution in [0.25, 0.3) is 0 Å². The first-order chi connectivity index (χ1) is 10.1. The Balaban J connectivity index is 2.07. The van der Waals surface area contributed by atoms with Gasteiger partial charge in [-0.15, -0.1) is 0 Å². The first-order valence-corrected chi connectivity index (χ1v) is 7.62. The van der Waals surface area contributed by atoms with Crippen LogP contribution in [0.15, 0.2) is 42.5 Å². The molecule has 4 heteroatoms. The summed E-state index contributed by atoms with van der Waals surface area (Å²) in [6.45, 7) is 0. The number of hydrogen-bond donors (Lipinski definition) is 1. The minimum Gasteiger partial charge on any atom is -0.497 e. The van der Waals surface area contributed by atoms with Gasteiger partial charge in [-0.25, -0.2) is 0 Å². The zero-order valence-corrected chi connectivity index (χ0v) is 13.7. The first kappa shape index (κ1) is 16.2. The van der Waals surface area contributed by atoms with Crippen LogP contribution in [-0.2, 0) is 12.8 Å². The van der Waals surface area contributed by atoms with Gasteiger partial charge in [0, 0.05) is 6.04 Å². The lowest BCUT2D eigenvalue weighted by Crippen LogP contribution is -2.30. The fraction of sp³-hybridized carbons (Fsp3) is 0.294. The molecular formula is C17H19Cl2NO. The largest absolute Gasteiger partial charge is 0.497 e. The van der Waals surface area contributed by atoms with Crippen molar-refractivity contribution >= 4 is 23.2 Å². The quantitative estimate of drug-likeness (QED) is 0.852. The van der Waals surface area contributed by atoms with Gasteiger partial charge in [-0.05, 0) is 49.2 Å². The van der Waals surface area contributed by atoms with Crippen molar-refractivity contribution in [1.82, 2.24) is 5.32 Å². The highest BCUT2D eigenvalue weighted by Crippen LogP contribution is 2.27. The van der Waals surface area contributed by atoms with Crippen LogP contribution in [0.2, 0.25) is 10.0 Å². The van der Waals surface area contributed by atoms with E-state index >= 15 is 0 Å². The molecule has 2 aromatic carbocycles. The van der Waals surface area contributed by atoms with Gasteiger partial charge in [-0.3, -0.25) is 0 Å². The molecule has 0 radical (unpaired) electrons. The molecule has 1 N–H and O–H groups in total. The summed E-state index contributed by atoms with van der Waals surface area (Å²) in [6, 6.07) is 14.2. The molecule has 0 amide bonds. The third-order valence-electron chi connectivity index (χ3n) is 3.55. The number of benzene rings is 2. The van der Waals surface area contributed by atoms with Gasteiger partial charge < -0.3 is 10.1 Å². The van der Waals surface area contributed by atoms with Gasteiger partial charge in [0.15, 0.2) is 0 Å². The Morgan fingerprint density at radius 3 is 2.38 bits per heavy atom. The van der Waals surface area contributed by atoms with E-state index in [-0.39, 0.29) is 0 Å². The maximum Gasteiger partial charge on any atom is 0.118 e. The van der Waals surface area contributed by atoms with E-state index in [2.05, 4.69) is 17.4 Å². The average Bonchev–Trinajstić information content (AvgIpc) is 2.51. The molecule has 0 aromatic heterocycles. The summed E-state index contributed by atoms with van der Waals surface area (Å²) in [5.74, 6) is 0.873. The Kier molecular flexibility index (Phi) is 5.92. The highest BCUT2D eigenvalue weighted by molar-refractivity contribution is 6.42. The van der Waals surface area contributed by atoms with Crippen LogP contribution < -0.4 is 10.1 Å². The van der Waals surface area contributed by atoms with E-state index in [0.29, 0.717) is 16.1 Å². The number of nitrogens with one attached hydrogen (secondary N) is 1. The van der Waals surface area contributed by atoms with Gasteiger partial charge in [0.1, 0.15) is 5.75 Å². The van der Waals surface area contributed by atoms with Crippen molar-refractivity contribution in [3.8, 4) is 5.75 Å². The van der Waals surface area contributed by atoms with E-state index < -0.39 is 0 Å². The average molecular weight is 324 g/mol. The van der Waals surface area contributed by atoms with Crippen molar-refractivity contribution in [1.29, 1.82) is 0 Å². The Hall–Kier alpha value is -1.22. The molecule has 0 aliphatic rings. The van der Waals surface area contributed by atoms with Gasteiger partial charge in [-0.1, -0.05) is 47.5 Å². The van der Waals surface area contributed by atoms with E-state index in [4.69, 9.17) is 27.9 Å². The molecule has 1 unspecified atom stereocenters. The fourth-order valence-corrected chi connectivity index (χ4v) is 2.69. The number of ether oxygens (including phenoxy) is 1. The lowest BCUT2D eigenvalue weighted by molar-refractivity contribution is 0.414. The van der Waals surface area contributed by atoms with E-state index in [1.807, 2.05) is 37.4 Å². The topological polar surface area (TPSA) is 21.3 Å². The lowest BCUT2D eigenvalue weighted by atomic mass is 9.99. The molecule has 0 fully saturated rings. The van der Waals surface area contributed by atoms with Crippen LogP contribution in [0.4, 0.5) is 0 Å². The standard InChI is InChI=1S/C17H19Cl2NO/c1-20-14(10-12-6-8-15(21-2)9-7-12)11-13-4-3-5-16(18)17(13)19/h3-9,14,20H,10-11H2,1-2H3. The van der Waals surface area contributed by atoms with Crippen LogP contribution in [0.3, 0.4) is 0 Å². The third kappa shape index (κ3) is 4.37. The van der Waals surface area contributed by atoms with Gasteiger partial charge in [0.05, 0.1) is 17.2 Å². The van der Waals surface area contributed by atoms with Gasteiger partial charge in [-0.2, -0.15) is 0 Å². The van der Waals surface area contributed by atoms with E-state index in [9.17, 15) is 0 Å². The summed E-state index contributed by atoms with van der Waals surface area (Å²) in [5, 5.41) is 4.59. The number of hydrogen-bond acceptors (Lipinski definition) is 2. The molecule has 1 atom stereocenters. The molecule has 112 valence electrons. The van der Waals surface area contributed by atoms with Crippen molar-refractivity contribution in [2.75, 3.05) is 14.2 Å². The van der Waals surface area contributed by atoms with E-state index in [1.165, 1.54) is 5.56 Å². The summed E-state index contributed by atoms with van der Waals surface area (Å²) in [6.07, 6.45) is 1.76. The Morgan fingerprint density at radius 1 is 1.05 bits per heavy atom. The van der Waals surface area contributed by atoms with Crippen molar-refractivity contribution in [3.05, 3.63) is 63.6 Å². The number of methoxy groups -OCH3 is 1. The zero-order chi connectivity index (χ0) is 15.2. The molecule has 21 heavy (non-hydrogen) atoms. The highest BCUT2D eigenvalue weighted by Gasteiger charge is 2.12. The normalized spacial score (nSPS) is 12.2. The number of halogens is 2. The molecular weight excluding hydrogens is 305 g/mol. The summed E-state index contributed by atoms with van der Waals surface area (Å²) < 4.78 is 5.18. The Bertz CT molecular complexity index is 584. The van der Waals surface area contributed by atoms with Crippen molar-refractivity contribution in [3.63, 3.8) is 0 Å². The Labute approximate surface area is 136 Å². The molecule has 0 saturated carbocycles. The van der Waals surface area contributed by atoms with Crippen LogP contribution >= 0.6 is 23.2 Å². The van der Waals surface area contributed by atoms with Crippen LogP contribution in [0, 0.1) is 0 Å². The lowest BCUT2D eigenvalue weighted by Gasteiger charge is -2.17. The SMILES string of the molecule is CNC(Cc1ccc(OC)cc1)Cc1cccc(Cl)c1Cl. The summed E-state index contributed by atoms with van der Waals surface area (Å²) in [5.41, 5.74) is 2.32. The van der Waals surface area contributed by atoms with Crippen molar-refractivity contribution in [2.24, 2.45) is 0 Å². The zero-order valence-electron chi connectivity index (χ0n) is 12.2. The maximum absolute atomic E-state index is 6.26. The van der Waals surface area contributed by atoms with Crippen LogP contribution in [0.5, 0.6) is 5.75 Å². The predicted molar refractivity (Wildman–Crippen MR) is 89.7 cm³/mol. The fourth-order valence-electron chi connectivity index (χ4n) is 2.29. The van der Waals surface area contributed by atoms with Crippen molar-refractivity contribution in [2.45, 2.75) is 18.9 Å². The molecule has 0 saturated heterocycles. The molecule has 2 aromatic rings. The second kappa shape index (κ2) is 7.69. The third-order valence-corrected chi connectivity index (χ3v) is 4.41. The maximum atomic E-state index is 6.26. The second-order valence-electron chi connectivity index (χ2n) is 4.95. The van der Waals surface area contributed by atoms with Crippen LogP contribution in [0.1, 0.15) is 11.1 Å². The smallest absolute Gasteiger partial charge is 0.118 e. The predicted octanol–water partition coefficient (Wildman–Crippen LogP) is 4.38. The molecule has 0 spiro atoms. The van der Waals surface area contributed by atoms with Crippen molar-refractivity contribution < 1.29 is 4.74 Å². The molecule has 0 aliphatic heterocycles. The van der Waals surface area contributed by atoms with Gasteiger partial charge in [0.25, 0.3) is 0 Å². The summed E-state index contributed by atoms with van der Waals surface area (Å²) >= 11 is 12.3. The molecule has 2 rings (SSSR count).